The number of carbonyl (C=O) groups excluding carboxylic acids is 1. The zero-order chi connectivity index (χ0) is 23.8. The third-order valence-corrected chi connectivity index (χ3v) is 5.64. The van der Waals surface area contributed by atoms with E-state index in [1.165, 1.54) is 0 Å². The zero-order valence-electron chi connectivity index (χ0n) is 19.2. The van der Waals surface area contributed by atoms with Crippen molar-refractivity contribution in [1.29, 1.82) is 0 Å². The van der Waals surface area contributed by atoms with Crippen molar-refractivity contribution in [2.75, 3.05) is 5.32 Å². The summed E-state index contributed by atoms with van der Waals surface area (Å²) in [6.45, 7) is 4.66. The molecule has 1 aromatic heterocycles. The number of nitrogens with one attached hydrogen (secondary N) is 1. The first-order valence-corrected chi connectivity index (χ1v) is 11.4. The number of nitrogens with zero attached hydrogens (tertiary/aromatic N) is 1. The average molecular weight is 491 g/mol. The molecule has 1 unspecified atom stereocenters. The number of aliphatic hydroxyl groups excluding tert-OH is 1. The molecule has 0 spiro atoms. The Morgan fingerprint density at radius 3 is 2.18 bits per heavy atom. The molecule has 0 aliphatic carbocycles. The molecule has 0 aliphatic heterocycles. The first kappa shape index (κ1) is 28.1. The monoisotopic (exact) mass is 490 g/mol. The van der Waals surface area contributed by atoms with Gasteiger partial charge in [0.15, 0.2) is 0 Å². The number of amides is 1. The van der Waals surface area contributed by atoms with Crippen molar-refractivity contribution < 1.29 is 19.8 Å². The molecule has 2 aromatic carbocycles. The summed E-state index contributed by atoms with van der Waals surface area (Å²) in [4.78, 5) is 24.2. The number of aryl methyl sites for hydroxylation is 1. The normalized spacial score (nSPS) is 11.6. The standard InChI is InChI=1S/C27H32N2O4.Ca.2H/c1-19(2)26-25(27(33)28-21-12-7-4-8-13-21)23(20-10-5-3-6-11-20)18-29(26)17-16-22(30)14-9-15-24(31)32;;;/h3-8,10-13,18-19,22,30H,9,14-17H2,1-2H3,(H,28,33)(H,31,32);;;. The van der Waals surface area contributed by atoms with Gasteiger partial charge in [0.25, 0.3) is 5.91 Å². The minimum absolute atomic E-state index is 0. The van der Waals surface area contributed by atoms with Crippen molar-refractivity contribution in [2.24, 2.45) is 0 Å². The molecule has 0 radical (unpaired) electrons. The van der Waals surface area contributed by atoms with Crippen LogP contribution in [0, 0.1) is 0 Å². The van der Waals surface area contributed by atoms with Crippen molar-refractivity contribution in [3.8, 4) is 11.1 Å². The summed E-state index contributed by atoms with van der Waals surface area (Å²) in [6.07, 6.45) is 2.83. The van der Waals surface area contributed by atoms with E-state index < -0.39 is 12.1 Å². The second-order valence-electron chi connectivity index (χ2n) is 8.57. The van der Waals surface area contributed by atoms with Crippen LogP contribution in [-0.4, -0.2) is 70.5 Å². The fourth-order valence-electron chi connectivity index (χ4n) is 4.09. The molecule has 1 heterocycles. The number of hydrogen-bond donors (Lipinski definition) is 3. The Labute approximate surface area is 231 Å². The SMILES string of the molecule is CC(C)c1c(C(=O)Nc2ccccc2)c(-c2ccccc2)cn1CCC(O)CCCC(=O)O.[CaH2]. The van der Waals surface area contributed by atoms with Gasteiger partial charge >= 0.3 is 43.7 Å². The Hall–Kier alpha value is -2.12. The number of aliphatic hydroxyl groups is 1. The van der Waals surface area contributed by atoms with E-state index in [1.54, 1.807) is 0 Å². The number of aromatic nitrogens is 1. The Kier molecular flexibility index (Phi) is 11.3. The molecule has 3 rings (SSSR count). The van der Waals surface area contributed by atoms with E-state index in [2.05, 4.69) is 23.7 Å². The van der Waals surface area contributed by atoms with Crippen LogP contribution in [0.15, 0.2) is 66.9 Å². The summed E-state index contributed by atoms with van der Waals surface area (Å²) < 4.78 is 2.06. The van der Waals surface area contributed by atoms with Crippen LogP contribution >= 0.6 is 0 Å². The van der Waals surface area contributed by atoms with E-state index in [9.17, 15) is 14.7 Å². The fraction of sp³-hybridized carbons (Fsp3) is 0.333. The second kappa shape index (κ2) is 13.7. The van der Waals surface area contributed by atoms with Gasteiger partial charge in [-0.25, -0.2) is 0 Å². The van der Waals surface area contributed by atoms with E-state index in [4.69, 9.17) is 5.11 Å². The van der Waals surface area contributed by atoms with E-state index >= 15 is 0 Å². The third-order valence-electron chi connectivity index (χ3n) is 5.64. The molecule has 34 heavy (non-hydrogen) atoms. The molecule has 1 atom stereocenters. The molecule has 3 N–H and O–H groups in total. The number of rotatable bonds is 11. The Morgan fingerprint density at radius 1 is 0.971 bits per heavy atom. The van der Waals surface area contributed by atoms with Crippen LogP contribution in [0.3, 0.4) is 0 Å². The summed E-state index contributed by atoms with van der Waals surface area (Å²) in [6, 6.07) is 19.2. The second-order valence-corrected chi connectivity index (χ2v) is 8.57. The summed E-state index contributed by atoms with van der Waals surface area (Å²) in [7, 11) is 0. The molecule has 0 saturated carbocycles. The van der Waals surface area contributed by atoms with E-state index in [-0.39, 0.29) is 56.0 Å². The van der Waals surface area contributed by atoms with Gasteiger partial charge in [0, 0.05) is 36.1 Å². The van der Waals surface area contributed by atoms with Gasteiger partial charge in [-0.1, -0.05) is 62.4 Å². The van der Waals surface area contributed by atoms with E-state index in [0.717, 1.165) is 22.5 Å². The number of carboxylic acid groups (broad SMARTS) is 1. The van der Waals surface area contributed by atoms with Gasteiger partial charge in [-0.15, -0.1) is 0 Å². The number of carboxylic acids is 1. The number of hydrogen-bond acceptors (Lipinski definition) is 3. The van der Waals surface area contributed by atoms with Crippen LogP contribution in [0.5, 0.6) is 0 Å². The number of anilines is 1. The number of carbonyl (C=O) groups is 2. The van der Waals surface area contributed by atoms with E-state index in [1.807, 2.05) is 66.9 Å². The molecule has 178 valence electrons. The van der Waals surface area contributed by atoms with Crippen molar-refractivity contribution in [3.63, 3.8) is 0 Å². The average Bonchev–Trinajstić information content (AvgIpc) is 3.19. The molecule has 0 fully saturated rings. The van der Waals surface area contributed by atoms with Gasteiger partial charge in [0.1, 0.15) is 0 Å². The molecule has 6 nitrogen and oxygen atoms in total. The number of aliphatic carboxylic acids is 1. The maximum atomic E-state index is 13.5. The molecular weight excluding hydrogens is 456 g/mol. The van der Waals surface area contributed by atoms with Gasteiger partial charge in [0.2, 0.25) is 0 Å². The minimum atomic E-state index is -0.851. The van der Waals surface area contributed by atoms with Gasteiger partial charge in [-0.2, -0.15) is 0 Å². The summed E-state index contributed by atoms with van der Waals surface area (Å²) >= 11 is 0. The maximum absolute atomic E-state index is 13.5. The Morgan fingerprint density at radius 2 is 1.59 bits per heavy atom. The Bertz CT molecular complexity index is 1060. The summed E-state index contributed by atoms with van der Waals surface area (Å²) in [5, 5.41) is 22.2. The van der Waals surface area contributed by atoms with E-state index in [0.29, 0.717) is 31.4 Å². The topological polar surface area (TPSA) is 91.6 Å². The van der Waals surface area contributed by atoms with Crippen LogP contribution in [0.2, 0.25) is 0 Å². The van der Waals surface area contributed by atoms with Crippen molar-refractivity contribution in [1.82, 2.24) is 4.57 Å². The number of para-hydroxylation sites is 1. The quantitative estimate of drug-likeness (QED) is 0.342. The summed E-state index contributed by atoms with van der Waals surface area (Å²) in [5.41, 5.74) is 4.10. The molecule has 7 heteroatoms. The predicted octanol–water partition coefficient (Wildman–Crippen LogP) is 4.62. The molecular formula is C27H34CaN2O4. The Balaban J connectivity index is 0.00000408. The molecule has 3 aromatic rings. The van der Waals surface area contributed by atoms with Gasteiger partial charge in [0.05, 0.1) is 11.7 Å². The third kappa shape index (κ3) is 7.70. The van der Waals surface area contributed by atoms with Crippen LogP contribution in [-0.2, 0) is 11.3 Å². The van der Waals surface area contributed by atoms with Crippen LogP contribution in [0.4, 0.5) is 5.69 Å². The van der Waals surface area contributed by atoms with Crippen molar-refractivity contribution in [3.05, 3.63) is 78.1 Å². The number of benzene rings is 2. The summed E-state index contributed by atoms with van der Waals surface area (Å²) in [5.74, 6) is -0.927. The first-order valence-electron chi connectivity index (χ1n) is 11.4. The predicted molar refractivity (Wildman–Crippen MR) is 139 cm³/mol. The van der Waals surface area contributed by atoms with Crippen molar-refractivity contribution >= 4 is 55.3 Å². The van der Waals surface area contributed by atoms with Crippen LogP contribution < -0.4 is 5.32 Å². The van der Waals surface area contributed by atoms with Gasteiger partial charge in [-0.3, -0.25) is 9.59 Å². The zero-order valence-corrected chi connectivity index (χ0v) is 19.2. The molecule has 0 bridgehead atoms. The molecule has 1 amide bonds. The van der Waals surface area contributed by atoms with Crippen LogP contribution in [0.1, 0.15) is 61.5 Å². The first-order chi connectivity index (χ1) is 15.9. The van der Waals surface area contributed by atoms with Gasteiger partial charge in [-0.05, 0) is 42.9 Å². The molecule has 0 aliphatic rings. The van der Waals surface area contributed by atoms with Gasteiger partial charge < -0.3 is 20.1 Å². The molecule has 0 saturated heterocycles. The van der Waals surface area contributed by atoms with Crippen molar-refractivity contribution in [2.45, 2.75) is 58.1 Å². The van der Waals surface area contributed by atoms with Crippen LogP contribution in [0.25, 0.3) is 11.1 Å². The fourth-order valence-corrected chi connectivity index (χ4v) is 4.09.